The number of hydrogen-bond acceptors (Lipinski definition) is 2. The minimum absolute atomic E-state index is 0.173. The molecule has 1 aromatic rings. The van der Waals surface area contributed by atoms with Crippen molar-refractivity contribution in [1.29, 1.82) is 0 Å². The van der Waals surface area contributed by atoms with Crippen molar-refractivity contribution in [2.24, 2.45) is 10.7 Å². The molecule has 3 nitrogen and oxygen atoms in total. The molecule has 0 bridgehead atoms. The molecule has 0 radical (unpaired) electrons. The van der Waals surface area contributed by atoms with Crippen LogP contribution in [0.25, 0.3) is 0 Å². The summed E-state index contributed by atoms with van der Waals surface area (Å²) in [6.07, 6.45) is 0.979. The molecule has 0 spiro atoms. The van der Waals surface area contributed by atoms with Crippen LogP contribution in [0.5, 0.6) is 0 Å². The average molecular weight is 279 g/mol. The fourth-order valence-electron chi connectivity index (χ4n) is 2.46. The summed E-state index contributed by atoms with van der Waals surface area (Å²) in [6, 6.07) is 7.04. The van der Waals surface area contributed by atoms with Crippen molar-refractivity contribution in [3.05, 3.63) is 35.6 Å². The number of thioether (sulfide) groups is 1. The van der Waals surface area contributed by atoms with Crippen molar-refractivity contribution in [2.75, 3.05) is 24.6 Å². The van der Waals surface area contributed by atoms with Crippen LogP contribution in [-0.2, 0) is 0 Å². The summed E-state index contributed by atoms with van der Waals surface area (Å²) in [5.41, 5.74) is 7.09. The van der Waals surface area contributed by atoms with Crippen molar-refractivity contribution in [3.63, 3.8) is 0 Å². The van der Waals surface area contributed by atoms with E-state index >= 15 is 0 Å². The Morgan fingerprint density at radius 2 is 2.16 bits per heavy atom. The van der Waals surface area contributed by atoms with Gasteiger partial charge in [-0.15, -0.1) is 0 Å². The molecule has 1 heterocycles. The van der Waals surface area contributed by atoms with Crippen LogP contribution in [0.3, 0.4) is 0 Å². The van der Waals surface area contributed by atoms with Gasteiger partial charge in [-0.05, 0) is 24.1 Å². The average Bonchev–Trinajstić information content (AvgIpc) is 3.19. The van der Waals surface area contributed by atoms with Crippen molar-refractivity contribution in [1.82, 2.24) is 4.90 Å². The lowest BCUT2D eigenvalue weighted by Gasteiger charge is -2.27. The fraction of sp³-hybridized carbons (Fsp3) is 0.500. The van der Waals surface area contributed by atoms with Gasteiger partial charge in [0, 0.05) is 30.5 Å². The van der Waals surface area contributed by atoms with Crippen LogP contribution >= 0.6 is 11.8 Å². The summed E-state index contributed by atoms with van der Waals surface area (Å²) in [5.74, 6) is 3.06. The van der Waals surface area contributed by atoms with E-state index in [1.165, 1.54) is 6.07 Å². The lowest BCUT2D eigenvalue weighted by molar-refractivity contribution is 0.455. The molecule has 2 fully saturated rings. The highest BCUT2D eigenvalue weighted by Crippen LogP contribution is 2.43. The Bertz CT molecular complexity index is 485. The van der Waals surface area contributed by atoms with Gasteiger partial charge >= 0.3 is 0 Å². The zero-order valence-corrected chi connectivity index (χ0v) is 11.6. The van der Waals surface area contributed by atoms with Crippen LogP contribution in [0.2, 0.25) is 0 Å². The second-order valence-corrected chi connectivity index (χ2v) is 6.28. The van der Waals surface area contributed by atoms with Gasteiger partial charge in [-0.2, -0.15) is 11.8 Å². The molecule has 3 rings (SSSR count). The zero-order valence-electron chi connectivity index (χ0n) is 10.8. The molecule has 19 heavy (non-hydrogen) atoms. The van der Waals surface area contributed by atoms with E-state index in [2.05, 4.69) is 9.89 Å². The van der Waals surface area contributed by atoms with Crippen molar-refractivity contribution in [3.8, 4) is 0 Å². The van der Waals surface area contributed by atoms with Gasteiger partial charge in [0.2, 0.25) is 0 Å². The monoisotopic (exact) mass is 279 g/mol. The molecule has 5 heteroatoms. The Labute approximate surface area is 117 Å². The largest absolute Gasteiger partial charge is 0.370 e. The number of guanidine groups is 1. The van der Waals surface area contributed by atoms with E-state index in [1.54, 1.807) is 12.1 Å². The predicted molar refractivity (Wildman–Crippen MR) is 78.1 cm³/mol. The van der Waals surface area contributed by atoms with E-state index in [1.807, 2.05) is 17.8 Å². The lowest BCUT2D eigenvalue weighted by Crippen LogP contribution is -2.42. The Hall–Kier alpha value is -1.23. The predicted octanol–water partition coefficient (Wildman–Crippen LogP) is 2.05. The first kappa shape index (κ1) is 12.8. The number of aliphatic imine (C=N–C) groups is 1. The fourth-order valence-corrected chi connectivity index (χ4v) is 3.37. The Balaban J connectivity index is 1.63. The van der Waals surface area contributed by atoms with Crippen LogP contribution in [-0.4, -0.2) is 41.5 Å². The summed E-state index contributed by atoms with van der Waals surface area (Å²) in [5, 5.41) is 0. The van der Waals surface area contributed by atoms with Gasteiger partial charge in [0.1, 0.15) is 5.82 Å². The molecule has 0 unspecified atom stereocenters. The van der Waals surface area contributed by atoms with Gasteiger partial charge in [-0.25, -0.2) is 9.38 Å². The number of rotatable bonds is 2. The lowest BCUT2D eigenvalue weighted by atomic mass is 10.1. The number of benzene rings is 1. The second kappa shape index (κ2) is 5.41. The molecule has 2 N–H and O–H groups in total. The van der Waals surface area contributed by atoms with Gasteiger partial charge in [0.05, 0.1) is 6.04 Å². The second-order valence-electron chi connectivity index (χ2n) is 5.05. The molecule has 0 amide bonds. The topological polar surface area (TPSA) is 41.6 Å². The molecule has 1 aromatic carbocycles. The van der Waals surface area contributed by atoms with E-state index in [0.717, 1.165) is 36.6 Å². The number of hydrogen-bond donors (Lipinski definition) is 1. The number of nitrogens with two attached hydrogens (primary N) is 1. The maximum absolute atomic E-state index is 13.2. The maximum Gasteiger partial charge on any atom is 0.191 e. The third-order valence-corrected chi connectivity index (χ3v) is 4.61. The van der Waals surface area contributed by atoms with Crippen LogP contribution < -0.4 is 5.73 Å². The van der Waals surface area contributed by atoms with Gasteiger partial charge in [0.15, 0.2) is 5.96 Å². The molecule has 1 saturated heterocycles. The summed E-state index contributed by atoms with van der Waals surface area (Å²) in [7, 11) is 0. The van der Waals surface area contributed by atoms with Crippen LogP contribution in [0.15, 0.2) is 29.3 Å². The molecule has 1 saturated carbocycles. The molecule has 2 aliphatic rings. The van der Waals surface area contributed by atoms with Crippen LogP contribution in [0, 0.1) is 5.82 Å². The quantitative estimate of drug-likeness (QED) is 0.665. The van der Waals surface area contributed by atoms with Crippen molar-refractivity contribution >= 4 is 17.7 Å². The highest BCUT2D eigenvalue weighted by molar-refractivity contribution is 7.99. The summed E-state index contributed by atoms with van der Waals surface area (Å²) < 4.78 is 13.2. The summed E-state index contributed by atoms with van der Waals surface area (Å²) >= 11 is 1.96. The van der Waals surface area contributed by atoms with E-state index in [9.17, 15) is 4.39 Å². The first-order valence-electron chi connectivity index (χ1n) is 6.65. The van der Waals surface area contributed by atoms with Gasteiger partial charge < -0.3 is 10.6 Å². The Morgan fingerprint density at radius 3 is 2.89 bits per heavy atom. The van der Waals surface area contributed by atoms with Crippen molar-refractivity contribution in [2.45, 2.75) is 18.4 Å². The molecule has 2 atom stereocenters. The van der Waals surface area contributed by atoms with E-state index in [-0.39, 0.29) is 11.9 Å². The minimum atomic E-state index is -0.173. The standard InChI is InChI=1S/C14H18FN3S/c15-11-3-1-2-10(8-11)12-9-13(12)17-14(16)18-4-6-19-7-5-18/h1-3,8,12-13H,4-7,9H2,(H2,16,17)/t12-,13+/m0/s1. The van der Waals surface area contributed by atoms with Gasteiger partial charge in [-0.3, -0.25) is 0 Å². The third-order valence-electron chi connectivity index (χ3n) is 3.67. The summed E-state index contributed by atoms with van der Waals surface area (Å²) in [4.78, 5) is 6.74. The normalized spacial score (nSPS) is 27.4. The highest BCUT2D eigenvalue weighted by Gasteiger charge is 2.39. The minimum Gasteiger partial charge on any atom is -0.370 e. The van der Waals surface area contributed by atoms with Crippen molar-refractivity contribution < 1.29 is 4.39 Å². The molecule has 0 aromatic heterocycles. The first-order chi connectivity index (χ1) is 9.24. The maximum atomic E-state index is 13.2. The number of nitrogens with zero attached hydrogens (tertiary/aromatic N) is 2. The Morgan fingerprint density at radius 1 is 1.37 bits per heavy atom. The number of halogens is 1. The van der Waals surface area contributed by atoms with E-state index < -0.39 is 0 Å². The SMILES string of the molecule is NC(=N[C@@H]1C[C@H]1c1cccc(F)c1)N1CCSCC1. The van der Waals surface area contributed by atoms with Crippen LogP contribution in [0.1, 0.15) is 17.9 Å². The molecular formula is C14H18FN3S. The zero-order chi connectivity index (χ0) is 13.2. The first-order valence-corrected chi connectivity index (χ1v) is 7.81. The molecular weight excluding hydrogens is 261 g/mol. The highest BCUT2D eigenvalue weighted by atomic mass is 32.2. The third kappa shape index (κ3) is 3.03. The smallest absolute Gasteiger partial charge is 0.191 e. The molecule has 102 valence electrons. The van der Waals surface area contributed by atoms with Crippen LogP contribution in [0.4, 0.5) is 4.39 Å². The van der Waals surface area contributed by atoms with Gasteiger partial charge in [0.25, 0.3) is 0 Å². The van der Waals surface area contributed by atoms with Gasteiger partial charge in [-0.1, -0.05) is 12.1 Å². The van der Waals surface area contributed by atoms with E-state index in [4.69, 9.17) is 5.73 Å². The van der Waals surface area contributed by atoms with E-state index in [0.29, 0.717) is 11.9 Å². The summed E-state index contributed by atoms with van der Waals surface area (Å²) in [6.45, 7) is 1.97. The Kier molecular flexibility index (Phi) is 3.64. The molecule has 1 aliphatic heterocycles. The molecule has 1 aliphatic carbocycles.